The van der Waals surface area contributed by atoms with E-state index in [2.05, 4.69) is 25.2 Å². The summed E-state index contributed by atoms with van der Waals surface area (Å²) in [5, 5.41) is 3.22. The van der Waals surface area contributed by atoms with Crippen molar-refractivity contribution in [2.24, 2.45) is 0 Å². The molecule has 0 heterocycles. The van der Waals surface area contributed by atoms with Gasteiger partial charge in [0.25, 0.3) is 0 Å². The second kappa shape index (κ2) is 10.6. The van der Waals surface area contributed by atoms with Crippen molar-refractivity contribution in [3.05, 3.63) is 11.8 Å². The average molecular weight is 197 g/mol. The van der Waals surface area contributed by atoms with Crippen LogP contribution in [0.3, 0.4) is 0 Å². The van der Waals surface area contributed by atoms with E-state index in [1.54, 1.807) is 0 Å². The van der Waals surface area contributed by atoms with E-state index in [-0.39, 0.29) is 0 Å². The minimum atomic E-state index is 1.22. The molecule has 0 radical (unpaired) electrons. The van der Waals surface area contributed by atoms with E-state index in [0.29, 0.717) is 0 Å². The summed E-state index contributed by atoms with van der Waals surface area (Å²) in [5.74, 6) is 0. The molecule has 0 aliphatic rings. The number of hydrogen-bond acceptors (Lipinski definition) is 1. The molecule has 0 aliphatic heterocycles. The van der Waals surface area contributed by atoms with Crippen LogP contribution in [0, 0.1) is 0 Å². The molecule has 0 rings (SSSR count). The molecule has 0 aromatic carbocycles. The second-order valence-corrected chi connectivity index (χ2v) is 3.94. The topological polar surface area (TPSA) is 12.0 Å². The molecule has 0 amide bonds. The Morgan fingerprint density at radius 2 is 1.57 bits per heavy atom. The smallest absolute Gasteiger partial charge is 0.00607 e. The highest BCUT2D eigenvalue weighted by atomic mass is 14.8. The molecular weight excluding hydrogens is 170 g/mol. The Bertz CT molecular complexity index is 138. The Balaban J connectivity index is 3.13. The number of rotatable bonds is 9. The first-order chi connectivity index (χ1) is 6.85. The third kappa shape index (κ3) is 8.15. The maximum absolute atomic E-state index is 3.22. The average Bonchev–Trinajstić information content (AvgIpc) is 2.22. The van der Waals surface area contributed by atoms with E-state index in [0.717, 1.165) is 0 Å². The fraction of sp³-hybridized carbons (Fsp3) is 0.846. The quantitative estimate of drug-likeness (QED) is 0.545. The lowest BCUT2D eigenvalue weighted by atomic mass is 10.1. The van der Waals surface area contributed by atoms with Gasteiger partial charge in [0.1, 0.15) is 0 Å². The largest absolute Gasteiger partial charge is 0.392 e. The zero-order valence-corrected chi connectivity index (χ0v) is 10.2. The Hall–Kier alpha value is -0.460. The van der Waals surface area contributed by atoms with Crippen LogP contribution in [-0.4, -0.2) is 7.05 Å². The molecule has 84 valence electrons. The van der Waals surface area contributed by atoms with Crippen LogP contribution in [0.25, 0.3) is 0 Å². The van der Waals surface area contributed by atoms with Crippen molar-refractivity contribution in [3.63, 3.8) is 0 Å². The van der Waals surface area contributed by atoms with Gasteiger partial charge in [0.15, 0.2) is 0 Å². The summed E-state index contributed by atoms with van der Waals surface area (Å²) in [6.45, 7) is 4.37. The Morgan fingerprint density at radius 1 is 1.00 bits per heavy atom. The van der Waals surface area contributed by atoms with Gasteiger partial charge in [-0.3, -0.25) is 0 Å². The van der Waals surface area contributed by atoms with Gasteiger partial charge >= 0.3 is 0 Å². The molecule has 0 aliphatic carbocycles. The fourth-order valence-electron chi connectivity index (χ4n) is 1.69. The third-order valence-corrected chi connectivity index (χ3v) is 2.72. The van der Waals surface area contributed by atoms with Crippen LogP contribution in [0.5, 0.6) is 0 Å². The molecule has 0 unspecified atom stereocenters. The Labute approximate surface area is 90.0 Å². The minimum absolute atomic E-state index is 1.22. The van der Waals surface area contributed by atoms with Crippen LogP contribution in [0.2, 0.25) is 0 Å². The summed E-state index contributed by atoms with van der Waals surface area (Å²) < 4.78 is 0. The molecular formula is C13H27N. The molecule has 1 N–H and O–H groups in total. The van der Waals surface area contributed by atoms with Crippen molar-refractivity contribution in [1.29, 1.82) is 0 Å². The lowest BCUT2D eigenvalue weighted by Gasteiger charge is -2.05. The predicted octanol–water partition coefficient (Wildman–Crippen LogP) is 4.25. The van der Waals surface area contributed by atoms with Crippen molar-refractivity contribution < 1.29 is 0 Å². The summed E-state index contributed by atoms with van der Waals surface area (Å²) in [6.07, 6.45) is 13.2. The fourth-order valence-corrected chi connectivity index (χ4v) is 1.69. The van der Waals surface area contributed by atoms with Crippen molar-refractivity contribution >= 4 is 0 Å². The highest BCUT2D eigenvalue weighted by Crippen LogP contribution is 2.10. The van der Waals surface area contributed by atoms with E-state index in [1.807, 2.05) is 7.05 Å². The minimum Gasteiger partial charge on any atom is -0.392 e. The van der Waals surface area contributed by atoms with E-state index >= 15 is 0 Å². The van der Waals surface area contributed by atoms with Crippen LogP contribution in [0.15, 0.2) is 11.8 Å². The number of allylic oxidation sites excluding steroid dienone is 2. The standard InChI is InChI=1S/C13H27N/c1-4-6-7-8-9-10-11-12-13(5-2)14-3/h5,14H,4,6-12H2,1-3H3/b13-5-. The zero-order valence-electron chi connectivity index (χ0n) is 10.2. The molecule has 1 heteroatoms. The monoisotopic (exact) mass is 197 g/mol. The van der Waals surface area contributed by atoms with Crippen LogP contribution >= 0.6 is 0 Å². The van der Waals surface area contributed by atoms with Gasteiger partial charge in [-0.05, 0) is 19.8 Å². The highest BCUT2D eigenvalue weighted by molar-refractivity contribution is 4.95. The lowest BCUT2D eigenvalue weighted by Crippen LogP contribution is -2.04. The summed E-state index contributed by atoms with van der Waals surface area (Å²) in [7, 11) is 2.01. The SMILES string of the molecule is C/C=C(/CCCCCCCCC)NC. The summed E-state index contributed by atoms with van der Waals surface area (Å²) in [5.41, 5.74) is 1.39. The first-order valence-corrected chi connectivity index (χ1v) is 6.18. The normalized spacial score (nSPS) is 11.8. The molecule has 0 atom stereocenters. The molecule has 0 aromatic rings. The predicted molar refractivity (Wildman–Crippen MR) is 65.4 cm³/mol. The molecule has 0 saturated heterocycles. The van der Waals surface area contributed by atoms with Gasteiger partial charge < -0.3 is 5.32 Å². The molecule has 1 nitrogen and oxygen atoms in total. The third-order valence-electron chi connectivity index (χ3n) is 2.72. The number of nitrogens with one attached hydrogen (secondary N) is 1. The second-order valence-electron chi connectivity index (χ2n) is 3.94. The Morgan fingerprint density at radius 3 is 2.07 bits per heavy atom. The Kier molecular flexibility index (Phi) is 10.3. The summed E-state index contributed by atoms with van der Waals surface area (Å²) in [6, 6.07) is 0. The van der Waals surface area contributed by atoms with Crippen LogP contribution in [0.4, 0.5) is 0 Å². The van der Waals surface area contributed by atoms with E-state index in [4.69, 9.17) is 0 Å². The first kappa shape index (κ1) is 13.5. The number of unbranched alkanes of at least 4 members (excludes halogenated alkanes) is 6. The molecule has 0 spiro atoms. The van der Waals surface area contributed by atoms with E-state index < -0.39 is 0 Å². The van der Waals surface area contributed by atoms with Gasteiger partial charge in [0, 0.05) is 12.7 Å². The van der Waals surface area contributed by atoms with Gasteiger partial charge in [-0.2, -0.15) is 0 Å². The van der Waals surface area contributed by atoms with Crippen molar-refractivity contribution in [2.45, 2.75) is 65.2 Å². The summed E-state index contributed by atoms with van der Waals surface area (Å²) in [4.78, 5) is 0. The first-order valence-electron chi connectivity index (χ1n) is 6.18. The van der Waals surface area contributed by atoms with Gasteiger partial charge in [-0.25, -0.2) is 0 Å². The van der Waals surface area contributed by atoms with Crippen LogP contribution < -0.4 is 5.32 Å². The van der Waals surface area contributed by atoms with Crippen LogP contribution in [-0.2, 0) is 0 Å². The maximum atomic E-state index is 3.22. The van der Waals surface area contributed by atoms with Gasteiger partial charge in [0.2, 0.25) is 0 Å². The molecule has 14 heavy (non-hydrogen) atoms. The maximum Gasteiger partial charge on any atom is 0.00607 e. The highest BCUT2D eigenvalue weighted by Gasteiger charge is 1.93. The summed E-state index contributed by atoms with van der Waals surface area (Å²) >= 11 is 0. The molecule has 0 aromatic heterocycles. The zero-order chi connectivity index (χ0) is 10.6. The molecule has 0 bridgehead atoms. The van der Waals surface area contributed by atoms with E-state index in [1.165, 1.54) is 57.1 Å². The van der Waals surface area contributed by atoms with Gasteiger partial charge in [0.05, 0.1) is 0 Å². The van der Waals surface area contributed by atoms with Crippen molar-refractivity contribution in [1.82, 2.24) is 5.32 Å². The lowest BCUT2D eigenvalue weighted by molar-refractivity contribution is 0.584. The van der Waals surface area contributed by atoms with Crippen LogP contribution in [0.1, 0.15) is 65.2 Å². The van der Waals surface area contributed by atoms with Gasteiger partial charge in [-0.15, -0.1) is 0 Å². The van der Waals surface area contributed by atoms with Gasteiger partial charge in [-0.1, -0.05) is 51.5 Å². The van der Waals surface area contributed by atoms with E-state index in [9.17, 15) is 0 Å². The van der Waals surface area contributed by atoms with Crippen molar-refractivity contribution in [2.75, 3.05) is 7.05 Å². The molecule has 0 saturated carbocycles. The molecule has 0 fully saturated rings. The van der Waals surface area contributed by atoms with Crippen molar-refractivity contribution in [3.8, 4) is 0 Å². The number of hydrogen-bond donors (Lipinski definition) is 1.